The summed E-state index contributed by atoms with van der Waals surface area (Å²) < 4.78 is 32.2. The zero-order chi connectivity index (χ0) is 14.9. The molecule has 3 nitrogen and oxygen atoms in total. The molecule has 1 saturated heterocycles. The first-order chi connectivity index (χ1) is 9.30. The van der Waals surface area contributed by atoms with Crippen LogP contribution in [0.3, 0.4) is 0 Å². The number of ether oxygens (including phenoxy) is 1. The van der Waals surface area contributed by atoms with Crippen molar-refractivity contribution in [3.8, 4) is 0 Å². The Morgan fingerprint density at radius 1 is 1.40 bits per heavy atom. The van der Waals surface area contributed by atoms with Gasteiger partial charge in [-0.2, -0.15) is 0 Å². The quantitative estimate of drug-likeness (QED) is 0.799. The molecule has 0 amide bonds. The highest BCUT2D eigenvalue weighted by Gasteiger charge is 2.33. The second kappa shape index (κ2) is 5.58. The van der Waals surface area contributed by atoms with Gasteiger partial charge in [-0.05, 0) is 32.9 Å². The minimum atomic E-state index is -0.811. The van der Waals surface area contributed by atoms with Crippen LogP contribution in [0, 0.1) is 11.6 Å². The number of morpholine rings is 1. The molecule has 0 aliphatic carbocycles. The van der Waals surface area contributed by atoms with Crippen LogP contribution >= 0.6 is 0 Å². The van der Waals surface area contributed by atoms with Crippen molar-refractivity contribution in [2.75, 3.05) is 19.7 Å². The zero-order valence-corrected chi connectivity index (χ0v) is 12.0. The van der Waals surface area contributed by atoms with Gasteiger partial charge in [0.05, 0.1) is 23.8 Å². The van der Waals surface area contributed by atoms with E-state index in [0.29, 0.717) is 19.7 Å². The van der Waals surface area contributed by atoms with Crippen LogP contribution in [0.4, 0.5) is 8.78 Å². The molecule has 1 atom stereocenters. The lowest BCUT2D eigenvalue weighted by molar-refractivity contribution is -0.0915. The average molecular weight is 283 g/mol. The molecule has 1 aliphatic rings. The Labute approximate surface area is 117 Å². The van der Waals surface area contributed by atoms with Crippen molar-refractivity contribution in [2.24, 2.45) is 0 Å². The summed E-state index contributed by atoms with van der Waals surface area (Å²) in [5.74, 6) is -1.83. The van der Waals surface area contributed by atoms with Crippen LogP contribution in [-0.4, -0.2) is 42.0 Å². The molecule has 0 saturated carbocycles. The predicted octanol–water partition coefficient (Wildman–Crippen LogP) is 2.65. The van der Waals surface area contributed by atoms with Gasteiger partial charge in [-0.15, -0.1) is 0 Å². The Morgan fingerprint density at radius 2 is 2.10 bits per heavy atom. The number of rotatable bonds is 3. The van der Waals surface area contributed by atoms with Crippen LogP contribution in [-0.2, 0) is 4.74 Å². The van der Waals surface area contributed by atoms with E-state index >= 15 is 0 Å². The van der Waals surface area contributed by atoms with E-state index < -0.39 is 17.7 Å². The highest BCUT2D eigenvalue weighted by Crippen LogP contribution is 2.21. The first kappa shape index (κ1) is 15.1. The molecule has 1 aromatic carbocycles. The Hall–Kier alpha value is -1.33. The average Bonchev–Trinajstić information content (AvgIpc) is 2.36. The number of carbonyl (C=O) groups is 1. The Bertz CT molecular complexity index is 517. The van der Waals surface area contributed by atoms with Crippen LogP contribution in [0.2, 0.25) is 0 Å². The minimum Gasteiger partial charge on any atom is -0.373 e. The predicted molar refractivity (Wildman–Crippen MR) is 71.8 cm³/mol. The van der Waals surface area contributed by atoms with Crippen molar-refractivity contribution in [3.63, 3.8) is 0 Å². The molecule has 1 unspecified atom stereocenters. The lowest BCUT2D eigenvalue weighted by atomic mass is 10.0. The van der Waals surface area contributed by atoms with Crippen LogP contribution in [0.25, 0.3) is 0 Å². The summed E-state index contributed by atoms with van der Waals surface area (Å²) in [5.41, 5.74) is -0.392. The Morgan fingerprint density at radius 3 is 2.70 bits per heavy atom. The molecule has 0 spiro atoms. The second-order valence-corrected chi connectivity index (χ2v) is 5.74. The van der Waals surface area contributed by atoms with Crippen molar-refractivity contribution in [2.45, 2.75) is 32.4 Å². The van der Waals surface area contributed by atoms with Gasteiger partial charge in [0, 0.05) is 19.2 Å². The van der Waals surface area contributed by atoms with Crippen LogP contribution in [0.1, 0.15) is 31.1 Å². The van der Waals surface area contributed by atoms with Gasteiger partial charge in [0.2, 0.25) is 0 Å². The smallest absolute Gasteiger partial charge is 0.182 e. The van der Waals surface area contributed by atoms with E-state index in [9.17, 15) is 13.6 Å². The molecule has 20 heavy (non-hydrogen) atoms. The molecule has 5 heteroatoms. The van der Waals surface area contributed by atoms with E-state index in [1.807, 2.05) is 18.7 Å². The van der Waals surface area contributed by atoms with Crippen molar-refractivity contribution in [1.29, 1.82) is 0 Å². The molecule has 0 aromatic heterocycles. The highest BCUT2D eigenvalue weighted by molar-refractivity contribution is 6.00. The Balaban J connectivity index is 2.16. The van der Waals surface area contributed by atoms with E-state index in [4.69, 9.17) is 4.74 Å². The molecule has 2 rings (SSSR count). The van der Waals surface area contributed by atoms with E-state index in [-0.39, 0.29) is 16.9 Å². The van der Waals surface area contributed by atoms with Gasteiger partial charge in [0.1, 0.15) is 11.6 Å². The van der Waals surface area contributed by atoms with Crippen molar-refractivity contribution in [1.82, 2.24) is 4.90 Å². The standard InChI is InChI=1S/C15H19F2NO2/c1-10(18-6-7-20-15(2,3)9-18)14(19)12-5-4-11(16)8-13(12)17/h4-5,8,10H,6-7,9H2,1-3H3. The molecule has 0 N–H and O–H groups in total. The third-order valence-corrected chi connectivity index (χ3v) is 3.58. The number of benzene rings is 1. The lowest BCUT2D eigenvalue weighted by Gasteiger charge is -2.40. The van der Waals surface area contributed by atoms with Crippen LogP contribution in [0.15, 0.2) is 18.2 Å². The van der Waals surface area contributed by atoms with Crippen molar-refractivity contribution < 1.29 is 18.3 Å². The fraction of sp³-hybridized carbons (Fsp3) is 0.533. The minimum absolute atomic E-state index is 0.0665. The van der Waals surface area contributed by atoms with Gasteiger partial charge in [-0.1, -0.05) is 0 Å². The number of hydrogen-bond acceptors (Lipinski definition) is 3. The third kappa shape index (κ3) is 3.22. The van der Waals surface area contributed by atoms with Crippen LogP contribution in [0.5, 0.6) is 0 Å². The summed E-state index contributed by atoms with van der Waals surface area (Å²) in [6, 6.07) is 2.59. The third-order valence-electron chi connectivity index (χ3n) is 3.58. The fourth-order valence-corrected chi connectivity index (χ4v) is 2.46. The van der Waals surface area contributed by atoms with E-state index in [2.05, 4.69) is 0 Å². The highest BCUT2D eigenvalue weighted by atomic mass is 19.1. The largest absolute Gasteiger partial charge is 0.373 e. The topological polar surface area (TPSA) is 29.5 Å². The fourth-order valence-electron chi connectivity index (χ4n) is 2.46. The molecule has 1 fully saturated rings. The monoisotopic (exact) mass is 283 g/mol. The summed E-state index contributed by atoms with van der Waals surface area (Å²) in [6.07, 6.45) is 0. The van der Waals surface area contributed by atoms with Crippen molar-refractivity contribution in [3.05, 3.63) is 35.4 Å². The van der Waals surface area contributed by atoms with E-state index in [1.165, 1.54) is 6.07 Å². The molecule has 0 radical (unpaired) electrons. The van der Waals surface area contributed by atoms with Crippen molar-refractivity contribution >= 4 is 5.78 Å². The molecular formula is C15H19F2NO2. The van der Waals surface area contributed by atoms with Gasteiger partial charge in [-0.3, -0.25) is 9.69 Å². The van der Waals surface area contributed by atoms with Crippen LogP contribution < -0.4 is 0 Å². The van der Waals surface area contributed by atoms with Gasteiger partial charge in [0.15, 0.2) is 5.78 Å². The maximum Gasteiger partial charge on any atom is 0.182 e. The van der Waals surface area contributed by atoms with E-state index in [0.717, 1.165) is 12.1 Å². The molecule has 1 heterocycles. The number of hydrogen-bond donors (Lipinski definition) is 0. The van der Waals surface area contributed by atoms with Gasteiger partial charge < -0.3 is 4.74 Å². The number of ketones is 1. The summed E-state index contributed by atoms with van der Waals surface area (Å²) in [7, 11) is 0. The number of Topliss-reactive ketones (excluding diaryl/α,β-unsaturated/α-hetero) is 1. The maximum absolute atomic E-state index is 13.7. The first-order valence-corrected chi connectivity index (χ1v) is 6.67. The Kier molecular flexibility index (Phi) is 4.20. The lowest BCUT2D eigenvalue weighted by Crippen LogP contribution is -2.53. The van der Waals surface area contributed by atoms with E-state index in [1.54, 1.807) is 6.92 Å². The number of halogens is 2. The normalized spacial score (nSPS) is 20.6. The number of nitrogens with zero attached hydrogens (tertiary/aromatic N) is 1. The van der Waals surface area contributed by atoms with Gasteiger partial charge in [-0.25, -0.2) is 8.78 Å². The summed E-state index contributed by atoms with van der Waals surface area (Å²) >= 11 is 0. The first-order valence-electron chi connectivity index (χ1n) is 6.67. The molecular weight excluding hydrogens is 264 g/mol. The summed E-state index contributed by atoms with van der Waals surface area (Å²) in [5, 5.41) is 0. The summed E-state index contributed by atoms with van der Waals surface area (Å²) in [4.78, 5) is 14.3. The van der Waals surface area contributed by atoms with Gasteiger partial charge >= 0.3 is 0 Å². The molecule has 1 aromatic rings. The SMILES string of the molecule is CC(C(=O)c1ccc(F)cc1F)N1CCOC(C)(C)C1. The maximum atomic E-state index is 13.7. The summed E-state index contributed by atoms with van der Waals surface area (Å²) in [6.45, 7) is 7.41. The molecule has 0 bridgehead atoms. The molecule has 110 valence electrons. The zero-order valence-electron chi connectivity index (χ0n) is 12.0. The molecule has 1 aliphatic heterocycles. The van der Waals surface area contributed by atoms with Gasteiger partial charge in [0.25, 0.3) is 0 Å². The second-order valence-electron chi connectivity index (χ2n) is 5.74. The number of carbonyl (C=O) groups excluding carboxylic acids is 1.